The van der Waals surface area contributed by atoms with Gasteiger partial charge >= 0.3 is 0 Å². The summed E-state index contributed by atoms with van der Waals surface area (Å²) in [6.07, 6.45) is 0.549. The molecular formula is C16H25NO4. The Bertz CT molecular complexity index is 466. The topological polar surface area (TPSA) is 60.0 Å². The molecule has 1 saturated heterocycles. The maximum absolute atomic E-state index is 10.4. The highest BCUT2D eigenvalue weighted by Crippen LogP contribution is 2.28. The minimum atomic E-state index is -0.769. The van der Waals surface area contributed by atoms with Gasteiger partial charge < -0.3 is 24.6 Å². The summed E-state index contributed by atoms with van der Waals surface area (Å²) in [5, 5.41) is 13.7. The van der Waals surface area contributed by atoms with Crippen LogP contribution < -0.4 is 14.8 Å². The number of rotatable bonds is 7. The maximum Gasteiger partial charge on any atom is 0.161 e. The van der Waals surface area contributed by atoms with Crippen molar-refractivity contribution < 1.29 is 19.3 Å². The van der Waals surface area contributed by atoms with Crippen LogP contribution in [0.25, 0.3) is 0 Å². The molecule has 1 aliphatic heterocycles. The molecule has 1 aromatic rings. The molecule has 118 valence electrons. The molecule has 0 aliphatic carbocycles. The van der Waals surface area contributed by atoms with E-state index in [1.165, 1.54) is 0 Å². The third-order valence-electron chi connectivity index (χ3n) is 3.95. The van der Waals surface area contributed by atoms with Crippen molar-refractivity contribution in [2.45, 2.75) is 38.5 Å². The molecule has 1 aliphatic rings. The molecule has 1 fully saturated rings. The summed E-state index contributed by atoms with van der Waals surface area (Å²) in [5.41, 5.74) is 0.323. The zero-order valence-corrected chi connectivity index (χ0v) is 13.0. The second-order valence-electron chi connectivity index (χ2n) is 5.39. The average Bonchev–Trinajstić information content (AvgIpc) is 2.79. The van der Waals surface area contributed by atoms with Crippen LogP contribution in [0.2, 0.25) is 0 Å². The second-order valence-corrected chi connectivity index (χ2v) is 5.39. The number of ether oxygens (including phenoxy) is 3. The normalized spacial score (nSPS) is 25.0. The minimum absolute atomic E-state index is 0.125. The summed E-state index contributed by atoms with van der Waals surface area (Å²) < 4.78 is 16.3. The first kappa shape index (κ1) is 16.1. The van der Waals surface area contributed by atoms with Gasteiger partial charge in [-0.15, -0.1) is 0 Å². The van der Waals surface area contributed by atoms with Gasteiger partial charge in [-0.2, -0.15) is 0 Å². The first-order chi connectivity index (χ1) is 10.1. The van der Waals surface area contributed by atoms with Gasteiger partial charge in [0, 0.05) is 26.1 Å². The zero-order valence-electron chi connectivity index (χ0n) is 13.0. The van der Waals surface area contributed by atoms with E-state index >= 15 is 0 Å². The van der Waals surface area contributed by atoms with E-state index in [0.717, 1.165) is 17.1 Å². The van der Waals surface area contributed by atoms with E-state index in [1.807, 2.05) is 32.0 Å². The Hall–Kier alpha value is -1.30. The number of aliphatic hydroxyl groups is 1. The second kappa shape index (κ2) is 7.11. The van der Waals surface area contributed by atoms with Crippen molar-refractivity contribution in [1.29, 1.82) is 0 Å². The van der Waals surface area contributed by atoms with Gasteiger partial charge in [-0.25, -0.2) is 0 Å². The van der Waals surface area contributed by atoms with Crippen molar-refractivity contribution in [3.05, 3.63) is 23.8 Å². The lowest BCUT2D eigenvalue weighted by Crippen LogP contribution is -2.45. The van der Waals surface area contributed by atoms with Gasteiger partial charge in [0.15, 0.2) is 11.5 Å². The molecule has 21 heavy (non-hydrogen) atoms. The fraction of sp³-hybridized carbons (Fsp3) is 0.625. The van der Waals surface area contributed by atoms with Crippen LogP contribution in [0.4, 0.5) is 0 Å². The van der Waals surface area contributed by atoms with Crippen LogP contribution in [-0.4, -0.2) is 43.7 Å². The van der Waals surface area contributed by atoms with Gasteiger partial charge in [0.1, 0.15) is 5.60 Å². The van der Waals surface area contributed by atoms with Crippen LogP contribution >= 0.6 is 0 Å². The van der Waals surface area contributed by atoms with Crippen molar-refractivity contribution in [1.82, 2.24) is 5.32 Å². The van der Waals surface area contributed by atoms with Crippen LogP contribution in [0.15, 0.2) is 18.2 Å². The molecule has 0 aromatic heterocycles. The quantitative estimate of drug-likeness (QED) is 0.802. The number of hydrogen-bond acceptors (Lipinski definition) is 5. The fourth-order valence-electron chi connectivity index (χ4n) is 2.53. The molecule has 0 radical (unpaired) electrons. The lowest BCUT2D eigenvalue weighted by Gasteiger charge is -2.26. The van der Waals surface area contributed by atoms with Crippen molar-refractivity contribution >= 4 is 0 Å². The SMILES string of the molecule is CCOc1cc(CNCC2(O)CCOC2C)ccc1OC. The Balaban J connectivity index is 1.92. The standard InChI is InChI=1S/C16H25NO4/c1-4-20-15-9-13(5-6-14(15)19-3)10-17-11-16(18)7-8-21-12(16)2/h5-6,9,12,17-18H,4,7-8,10-11H2,1-3H3. The average molecular weight is 295 g/mol. The zero-order chi connectivity index (χ0) is 15.3. The first-order valence-electron chi connectivity index (χ1n) is 7.43. The van der Waals surface area contributed by atoms with E-state index < -0.39 is 5.60 Å². The summed E-state index contributed by atoms with van der Waals surface area (Å²) in [7, 11) is 1.63. The summed E-state index contributed by atoms with van der Waals surface area (Å²) in [5.74, 6) is 1.48. The Morgan fingerprint density at radius 2 is 2.24 bits per heavy atom. The largest absolute Gasteiger partial charge is 0.493 e. The van der Waals surface area contributed by atoms with Crippen LogP contribution in [0, 0.1) is 0 Å². The van der Waals surface area contributed by atoms with Gasteiger partial charge in [0.25, 0.3) is 0 Å². The molecule has 2 rings (SSSR count). The van der Waals surface area contributed by atoms with E-state index in [4.69, 9.17) is 14.2 Å². The van der Waals surface area contributed by atoms with Crippen LogP contribution in [0.1, 0.15) is 25.8 Å². The molecule has 1 aromatic carbocycles. The van der Waals surface area contributed by atoms with Crippen LogP contribution in [0.3, 0.4) is 0 Å². The van der Waals surface area contributed by atoms with Crippen molar-refractivity contribution in [2.75, 3.05) is 26.9 Å². The Morgan fingerprint density at radius 1 is 1.43 bits per heavy atom. The van der Waals surface area contributed by atoms with Gasteiger partial charge in [-0.05, 0) is 31.5 Å². The summed E-state index contributed by atoms with van der Waals surface area (Å²) >= 11 is 0. The molecule has 5 heteroatoms. The summed E-state index contributed by atoms with van der Waals surface area (Å²) in [4.78, 5) is 0. The molecule has 0 saturated carbocycles. The Kier molecular flexibility index (Phi) is 5.45. The van der Waals surface area contributed by atoms with E-state index in [1.54, 1.807) is 7.11 Å². The third-order valence-corrected chi connectivity index (χ3v) is 3.95. The van der Waals surface area contributed by atoms with Gasteiger partial charge in [-0.1, -0.05) is 6.07 Å². The number of hydrogen-bond donors (Lipinski definition) is 2. The Morgan fingerprint density at radius 3 is 2.86 bits per heavy atom. The van der Waals surface area contributed by atoms with E-state index in [0.29, 0.717) is 32.7 Å². The summed E-state index contributed by atoms with van der Waals surface area (Å²) in [6, 6.07) is 5.86. The maximum atomic E-state index is 10.4. The predicted molar refractivity (Wildman–Crippen MR) is 80.9 cm³/mol. The number of benzene rings is 1. The highest BCUT2D eigenvalue weighted by Gasteiger charge is 2.38. The Labute approximate surface area is 126 Å². The number of nitrogens with one attached hydrogen (secondary N) is 1. The predicted octanol–water partition coefficient (Wildman–Crippen LogP) is 1.72. The van der Waals surface area contributed by atoms with Crippen molar-refractivity contribution in [2.24, 2.45) is 0 Å². The number of methoxy groups -OCH3 is 1. The van der Waals surface area contributed by atoms with E-state index in [9.17, 15) is 5.11 Å². The molecule has 0 bridgehead atoms. The third kappa shape index (κ3) is 3.87. The van der Waals surface area contributed by atoms with Crippen LogP contribution in [0.5, 0.6) is 11.5 Å². The van der Waals surface area contributed by atoms with Gasteiger partial charge in [0.2, 0.25) is 0 Å². The van der Waals surface area contributed by atoms with Crippen LogP contribution in [-0.2, 0) is 11.3 Å². The van der Waals surface area contributed by atoms with Crippen molar-refractivity contribution in [3.8, 4) is 11.5 Å². The smallest absolute Gasteiger partial charge is 0.161 e. The molecule has 2 unspecified atom stereocenters. The molecule has 1 heterocycles. The molecule has 0 amide bonds. The molecule has 5 nitrogen and oxygen atoms in total. The monoisotopic (exact) mass is 295 g/mol. The molecule has 2 atom stereocenters. The van der Waals surface area contributed by atoms with E-state index in [2.05, 4.69) is 5.32 Å². The summed E-state index contributed by atoms with van der Waals surface area (Å²) in [6.45, 7) is 6.26. The van der Waals surface area contributed by atoms with Gasteiger partial charge in [0.05, 0.1) is 19.8 Å². The molecule has 0 spiro atoms. The van der Waals surface area contributed by atoms with Crippen molar-refractivity contribution in [3.63, 3.8) is 0 Å². The fourth-order valence-corrected chi connectivity index (χ4v) is 2.53. The molecule has 2 N–H and O–H groups in total. The lowest BCUT2D eigenvalue weighted by molar-refractivity contribution is -0.0262. The lowest BCUT2D eigenvalue weighted by atomic mass is 9.96. The van der Waals surface area contributed by atoms with Gasteiger partial charge in [-0.3, -0.25) is 0 Å². The highest BCUT2D eigenvalue weighted by atomic mass is 16.5. The molecular weight excluding hydrogens is 270 g/mol. The minimum Gasteiger partial charge on any atom is -0.493 e. The first-order valence-corrected chi connectivity index (χ1v) is 7.43. The highest BCUT2D eigenvalue weighted by molar-refractivity contribution is 5.42. The van der Waals surface area contributed by atoms with E-state index in [-0.39, 0.29) is 6.10 Å².